The van der Waals surface area contributed by atoms with E-state index in [1.165, 1.54) is 0 Å². The van der Waals surface area contributed by atoms with Crippen LogP contribution in [0.2, 0.25) is 0 Å². The van der Waals surface area contributed by atoms with Gasteiger partial charge in [-0.1, -0.05) is 6.07 Å². The van der Waals surface area contributed by atoms with Crippen LogP contribution >= 0.6 is 0 Å². The van der Waals surface area contributed by atoms with Crippen LogP contribution in [0.4, 0.5) is 4.79 Å². The number of carbonyl (C=O) groups excluding carboxylic acids is 1. The minimum atomic E-state index is -0.0357. The number of oxazole rings is 1. The Hall–Kier alpha value is -2.04. The van der Waals surface area contributed by atoms with Crippen molar-refractivity contribution in [1.82, 2.24) is 15.2 Å². The molecule has 17 heavy (non-hydrogen) atoms. The van der Waals surface area contributed by atoms with Crippen molar-refractivity contribution in [2.24, 2.45) is 0 Å². The first kappa shape index (κ1) is 10.1. The summed E-state index contributed by atoms with van der Waals surface area (Å²) >= 11 is 0. The molecule has 0 spiro atoms. The Kier molecular flexibility index (Phi) is 2.07. The Balaban J connectivity index is 1.98. The smallest absolute Gasteiger partial charge is 0.317 e. The highest BCUT2D eigenvalue weighted by molar-refractivity contribution is 5.78. The van der Waals surface area contributed by atoms with Crippen LogP contribution < -0.4 is 5.32 Å². The second kappa shape index (κ2) is 3.48. The molecule has 1 aliphatic rings. The van der Waals surface area contributed by atoms with Gasteiger partial charge in [-0.25, -0.2) is 9.78 Å². The third-order valence-electron chi connectivity index (χ3n) is 3.02. The average molecular weight is 231 g/mol. The molecule has 2 amide bonds. The topological polar surface area (TPSA) is 58.4 Å². The number of aryl methyl sites for hydroxylation is 1. The van der Waals surface area contributed by atoms with E-state index in [-0.39, 0.29) is 12.1 Å². The van der Waals surface area contributed by atoms with Gasteiger partial charge in [0.1, 0.15) is 5.52 Å². The van der Waals surface area contributed by atoms with E-state index >= 15 is 0 Å². The van der Waals surface area contributed by atoms with Crippen LogP contribution in [0.15, 0.2) is 22.6 Å². The third kappa shape index (κ3) is 1.63. The molecule has 1 aliphatic heterocycles. The number of carbonyl (C=O) groups is 1. The van der Waals surface area contributed by atoms with E-state index in [9.17, 15) is 4.79 Å². The third-order valence-corrected chi connectivity index (χ3v) is 3.02. The lowest BCUT2D eigenvalue weighted by molar-refractivity contribution is 0.226. The van der Waals surface area contributed by atoms with Crippen molar-refractivity contribution < 1.29 is 9.21 Å². The Morgan fingerprint density at radius 3 is 3.06 bits per heavy atom. The highest BCUT2D eigenvalue weighted by Crippen LogP contribution is 2.23. The maximum absolute atomic E-state index is 11.4. The van der Waals surface area contributed by atoms with Gasteiger partial charge in [-0.2, -0.15) is 0 Å². The summed E-state index contributed by atoms with van der Waals surface area (Å²) in [4.78, 5) is 17.4. The first-order valence-electron chi connectivity index (χ1n) is 5.52. The Labute approximate surface area is 98.4 Å². The largest absolute Gasteiger partial charge is 0.441 e. The van der Waals surface area contributed by atoms with E-state index in [4.69, 9.17) is 4.42 Å². The molecular weight excluding hydrogens is 218 g/mol. The van der Waals surface area contributed by atoms with Gasteiger partial charge in [0.2, 0.25) is 0 Å². The number of rotatable bonds is 1. The van der Waals surface area contributed by atoms with Gasteiger partial charge in [-0.05, 0) is 17.7 Å². The second-order valence-electron chi connectivity index (χ2n) is 4.34. The molecule has 3 rings (SSSR count). The zero-order valence-electron chi connectivity index (χ0n) is 9.73. The van der Waals surface area contributed by atoms with Crippen molar-refractivity contribution in [3.63, 3.8) is 0 Å². The standard InChI is InChI=1S/C12H13N3O2/c1-7-13-9-5-8(3-4-11(9)17-7)10-6-15(2)12(16)14-10/h3-5,10H,6H2,1-2H3,(H,14,16). The number of hydrogen-bond donors (Lipinski definition) is 1. The van der Waals surface area contributed by atoms with Gasteiger partial charge < -0.3 is 14.6 Å². The summed E-state index contributed by atoms with van der Waals surface area (Å²) in [6, 6.07) is 5.84. The highest BCUT2D eigenvalue weighted by atomic mass is 16.3. The van der Waals surface area contributed by atoms with Crippen molar-refractivity contribution in [3.8, 4) is 0 Å². The fraction of sp³-hybridized carbons (Fsp3) is 0.333. The van der Waals surface area contributed by atoms with Gasteiger partial charge in [-0.15, -0.1) is 0 Å². The highest BCUT2D eigenvalue weighted by Gasteiger charge is 2.27. The van der Waals surface area contributed by atoms with Crippen LogP contribution in [-0.4, -0.2) is 29.5 Å². The molecule has 5 heteroatoms. The van der Waals surface area contributed by atoms with Gasteiger partial charge in [0.25, 0.3) is 0 Å². The fourth-order valence-corrected chi connectivity index (χ4v) is 2.13. The lowest BCUT2D eigenvalue weighted by Crippen LogP contribution is -2.23. The quantitative estimate of drug-likeness (QED) is 0.814. The molecule has 5 nitrogen and oxygen atoms in total. The van der Waals surface area contributed by atoms with Crippen LogP contribution in [0.1, 0.15) is 17.5 Å². The van der Waals surface area contributed by atoms with Gasteiger partial charge in [0.05, 0.1) is 6.04 Å². The van der Waals surface area contributed by atoms with Crippen molar-refractivity contribution in [1.29, 1.82) is 0 Å². The van der Waals surface area contributed by atoms with Crippen LogP contribution in [0.3, 0.4) is 0 Å². The Morgan fingerprint density at radius 2 is 2.35 bits per heavy atom. The monoisotopic (exact) mass is 231 g/mol. The van der Waals surface area contributed by atoms with Crippen LogP contribution in [-0.2, 0) is 0 Å². The molecule has 1 aromatic heterocycles. The van der Waals surface area contributed by atoms with Gasteiger partial charge in [0, 0.05) is 20.5 Å². The molecule has 2 aromatic rings. The predicted octanol–water partition coefficient (Wildman–Crippen LogP) is 1.83. The second-order valence-corrected chi connectivity index (χ2v) is 4.34. The molecule has 1 unspecified atom stereocenters. The van der Waals surface area contributed by atoms with Crippen molar-refractivity contribution in [2.45, 2.75) is 13.0 Å². The van der Waals surface area contributed by atoms with Crippen LogP contribution in [0.25, 0.3) is 11.1 Å². The summed E-state index contributed by atoms with van der Waals surface area (Å²) in [5.41, 5.74) is 2.68. The number of likely N-dealkylation sites (N-methyl/N-ethyl adjacent to an activating group) is 1. The molecule has 0 saturated carbocycles. The maximum atomic E-state index is 11.4. The zero-order valence-corrected chi connectivity index (χ0v) is 9.73. The number of fused-ring (bicyclic) bond motifs is 1. The first-order valence-corrected chi connectivity index (χ1v) is 5.52. The number of hydrogen-bond acceptors (Lipinski definition) is 3. The molecule has 0 bridgehead atoms. The number of aromatic nitrogens is 1. The summed E-state index contributed by atoms with van der Waals surface area (Å²) in [5, 5.41) is 2.92. The first-order chi connectivity index (χ1) is 8.13. The lowest BCUT2D eigenvalue weighted by Gasteiger charge is -2.08. The minimum absolute atomic E-state index is 0.0357. The summed E-state index contributed by atoms with van der Waals surface area (Å²) in [6.45, 7) is 2.51. The number of urea groups is 1. The molecule has 1 N–H and O–H groups in total. The molecule has 0 aliphatic carbocycles. The molecular formula is C12H13N3O2. The van der Waals surface area contributed by atoms with E-state index in [0.717, 1.165) is 16.7 Å². The fourth-order valence-electron chi connectivity index (χ4n) is 2.13. The summed E-state index contributed by atoms with van der Waals surface area (Å²) in [6.07, 6.45) is 0. The Bertz CT molecular complexity index is 590. The minimum Gasteiger partial charge on any atom is -0.441 e. The lowest BCUT2D eigenvalue weighted by atomic mass is 10.1. The molecule has 88 valence electrons. The molecule has 1 saturated heterocycles. The summed E-state index contributed by atoms with van der Waals surface area (Å²) < 4.78 is 5.42. The maximum Gasteiger partial charge on any atom is 0.317 e. The van der Waals surface area contributed by atoms with E-state index < -0.39 is 0 Å². The van der Waals surface area contributed by atoms with E-state index in [0.29, 0.717) is 12.4 Å². The SMILES string of the molecule is Cc1nc2cc(C3CN(C)C(=O)N3)ccc2o1. The number of amides is 2. The molecule has 1 atom stereocenters. The normalized spacial score (nSPS) is 20.0. The average Bonchev–Trinajstić information content (AvgIpc) is 2.80. The molecule has 2 heterocycles. The van der Waals surface area contributed by atoms with E-state index in [1.54, 1.807) is 11.9 Å². The summed E-state index contributed by atoms with van der Waals surface area (Å²) in [5.74, 6) is 0.657. The van der Waals surface area contributed by atoms with E-state index in [2.05, 4.69) is 10.3 Å². The van der Waals surface area contributed by atoms with Crippen LogP contribution in [0.5, 0.6) is 0 Å². The van der Waals surface area contributed by atoms with Crippen molar-refractivity contribution in [2.75, 3.05) is 13.6 Å². The predicted molar refractivity (Wildman–Crippen MR) is 62.6 cm³/mol. The summed E-state index contributed by atoms with van der Waals surface area (Å²) in [7, 11) is 1.79. The Morgan fingerprint density at radius 1 is 1.53 bits per heavy atom. The zero-order chi connectivity index (χ0) is 12.0. The van der Waals surface area contributed by atoms with E-state index in [1.807, 2.05) is 25.1 Å². The van der Waals surface area contributed by atoms with Gasteiger partial charge in [-0.3, -0.25) is 0 Å². The molecule has 0 radical (unpaired) electrons. The number of nitrogens with one attached hydrogen (secondary N) is 1. The molecule has 1 fully saturated rings. The van der Waals surface area contributed by atoms with Crippen LogP contribution in [0, 0.1) is 6.92 Å². The number of benzene rings is 1. The molecule has 1 aromatic carbocycles. The van der Waals surface area contributed by atoms with Crippen molar-refractivity contribution >= 4 is 17.1 Å². The number of nitrogens with zero attached hydrogens (tertiary/aromatic N) is 2. The van der Waals surface area contributed by atoms with Gasteiger partial charge in [0.15, 0.2) is 11.5 Å². The van der Waals surface area contributed by atoms with Crippen molar-refractivity contribution in [3.05, 3.63) is 29.7 Å². The van der Waals surface area contributed by atoms with Gasteiger partial charge >= 0.3 is 6.03 Å².